The average molecular weight is 221 g/mol. The number of hydrogen-bond acceptors (Lipinski definition) is 3. The molecule has 6 nitrogen and oxygen atoms in total. The van der Waals surface area contributed by atoms with E-state index in [1.807, 2.05) is 0 Å². The van der Waals surface area contributed by atoms with Crippen LogP contribution in [0.25, 0.3) is 0 Å². The van der Waals surface area contributed by atoms with Gasteiger partial charge in [0.25, 0.3) is 10.2 Å². The van der Waals surface area contributed by atoms with E-state index in [2.05, 4.69) is 5.32 Å². The van der Waals surface area contributed by atoms with Crippen LogP contribution in [0.4, 0.5) is 0 Å². The highest BCUT2D eigenvalue weighted by atomic mass is 32.2. The largest absolute Gasteiger partial charge is 0.358 e. The van der Waals surface area contributed by atoms with E-state index in [1.54, 1.807) is 0 Å². The Morgan fingerprint density at radius 1 is 1.50 bits per heavy atom. The fourth-order valence-electron chi connectivity index (χ4n) is 1.64. The van der Waals surface area contributed by atoms with Crippen molar-refractivity contribution in [3.05, 3.63) is 0 Å². The minimum absolute atomic E-state index is 0.293. The van der Waals surface area contributed by atoms with Crippen LogP contribution >= 0.6 is 0 Å². The van der Waals surface area contributed by atoms with Gasteiger partial charge in [-0.25, -0.2) is 5.14 Å². The number of nitrogens with two attached hydrogens (primary N) is 1. The smallest absolute Gasteiger partial charge is 0.277 e. The zero-order chi connectivity index (χ0) is 10.8. The van der Waals surface area contributed by atoms with E-state index in [9.17, 15) is 13.2 Å². The van der Waals surface area contributed by atoms with Crippen molar-refractivity contribution < 1.29 is 13.2 Å². The van der Waals surface area contributed by atoms with Crippen LogP contribution in [0.5, 0.6) is 0 Å². The molecule has 0 aromatic rings. The summed E-state index contributed by atoms with van der Waals surface area (Å²) in [6.07, 6.45) is 2.14. The van der Waals surface area contributed by atoms with Gasteiger partial charge in [0.1, 0.15) is 6.04 Å². The van der Waals surface area contributed by atoms with Gasteiger partial charge in [-0.05, 0) is 12.8 Å². The fraction of sp³-hybridized carbons (Fsp3) is 0.857. The average Bonchev–Trinajstić information content (AvgIpc) is 2.15. The summed E-state index contributed by atoms with van der Waals surface area (Å²) < 4.78 is 23.3. The van der Waals surface area contributed by atoms with Crippen LogP contribution in [0.2, 0.25) is 0 Å². The van der Waals surface area contributed by atoms with E-state index in [1.165, 1.54) is 7.05 Å². The molecular weight excluding hydrogens is 206 g/mol. The lowest BCUT2D eigenvalue weighted by molar-refractivity contribution is -0.125. The molecule has 1 unspecified atom stereocenters. The standard InChI is InChI=1S/C7H15N3O3S/c1-9-7(11)6-4-2-3-5-10(6)14(8,12)13/h6H,2-5H2,1H3,(H,9,11)(H2,8,12,13). The van der Waals surface area contributed by atoms with E-state index >= 15 is 0 Å². The van der Waals surface area contributed by atoms with Gasteiger partial charge in [0.05, 0.1) is 0 Å². The van der Waals surface area contributed by atoms with Crippen molar-refractivity contribution in [2.75, 3.05) is 13.6 Å². The third-order valence-electron chi connectivity index (χ3n) is 2.33. The summed E-state index contributed by atoms with van der Waals surface area (Å²) in [4.78, 5) is 11.4. The Balaban J connectivity index is 2.85. The van der Waals surface area contributed by atoms with Gasteiger partial charge in [0, 0.05) is 13.6 Å². The summed E-state index contributed by atoms with van der Waals surface area (Å²) in [6, 6.07) is -0.635. The molecule has 0 aromatic heterocycles. The van der Waals surface area contributed by atoms with Crippen molar-refractivity contribution >= 4 is 16.1 Å². The van der Waals surface area contributed by atoms with Crippen molar-refractivity contribution in [3.8, 4) is 0 Å². The number of rotatable bonds is 2. The molecule has 7 heteroatoms. The first-order valence-electron chi connectivity index (χ1n) is 4.48. The maximum Gasteiger partial charge on any atom is 0.277 e. The number of nitrogens with one attached hydrogen (secondary N) is 1. The van der Waals surface area contributed by atoms with Gasteiger partial charge < -0.3 is 5.32 Å². The Morgan fingerprint density at radius 2 is 2.14 bits per heavy atom. The molecule has 1 saturated heterocycles. The van der Waals surface area contributed by atoms with Gasteiger partial charge in [-0.15, -0.1) is 0 Å². The molecule has 82 valence electrons. The SMILES string of the molecule is CNC(=O)C1CCCCN1S(N)(=O)=O. The lowest BCUT2D eigenvalue weighted by Gasteiger charge is -2.31. The van der Waals surface area contributed by atoms with Crippen molar-refractivity contribution in [3.63, 3.8) is 0 Å². The zero-order valence-electron chi connectivity index (χ0n) is 8.06. The summed E-state index contributed by atoms with van der Waals surface area (Å²) in [5.74, 6) is -0.293. The number of likely N-dealkylation sites (N-methyl/N-ethyl adjacent to an activating group) is 1. The maximum absolute atomic E-state index is 11.4. The first-order chi connectivity index (χ1) is 6.46. The first kappa shape index (κ1) is 11.4. The first-order valence-corrected chi connectivity index (χ1v) is 5.98. The van der Waals surface area contributed by atoms with Crippen LogP contribution in [0.3, 0.4) is 0 Å². The molecule has 0 aromatic carbocycles. The molecule has 1 aliphatic heterocycles. The van der Waals surface area contributed by atoms with E-state index in [-0.39, 0.29) is 5.91 Å². The van der Waals surface area contributed by atoms with E-state index in [0.717, 1.165) is 17.1 Å². The van der Waals surface area contributed by atoms with Crippen LogP contribution in [0.1, 0.15) is 19.3 Å². The van der Waals surface area contributed by atoms with Crippen LogP contribution < -0.4 is 10.5 Å². The molecule has 1 aliphatic rings. The van der Waals surface area contributed by atoms with Crippen LogP contribution in [0, 0.1) is 0 Å². The normalized spacial score (nSPS) is 24.6. The quantitative estimate of drug-likeness (QED) is 0.613. The molecule has 14 heavy (non-hydrogen) atoms. The third-order valence-corrected chi connectivity index (χ3v) is 3.42. The van der Waals surface area contributed by atoms with E-state index in [0.29, 0.717) is 13.0 Å². The molecule has 1 rings (SSSR count). The van der Waals surface area contributed by atoms with Gasteiger partial charge in [-0.3, -0.25) is 4.79 Å². The second-order valence-electron chi connectivity index (χ2n) is 3.28. The Kier molecular flexibility index (Phi) is 3.46. The number of amides is 1. The number of carbonyl (C=O) groups excluding carboxylic acids is 1. The molecule has 0 bridgehead atoms. The molecule has 3 N–H and O–H groups in total. The Bertz CT molecular complexity index is 314. The van der Waals surface area contributed by atoms with Crippen molar-refractivity contribution in [2.45, 2.75) is 25.3 Å². The summed E-state index contributed by atoms with van der Waals surface area (Å²) in [7, 11) is -2.27. The van der Waals surface area contributed by atoms with Gasteiger partial charge in [0.2, 0.25) is 5.91 Å². The highest BCUT2D eigenvalue weighted by molar-refractivity contribution is 7.86. The van der Waals surface area contributed by atoms with E-state index < -0.39 is 16.3 Å². The number of hydrogen-bond donors (Lipinski definition) is 2. The van der Waals surface area contributed by atoms with Crippen LogP contribution in [0.15, 0.2) is 0 Å². The number of nitrogens with zero attached hydrogens (tertiary/aromatic N) is 1. The monoisotopic (exact) mass is 221 g/mol. The highest BCUT2D eigenvalue weighted by Gasteiger charge is 2.34. The van der Waals surface area contributed by atoms with Gasteiger partial charge in [0.15, 0.2) is 0 Å². The third kappa shape index (κ3) is 2.43. The van der Waals surface area contributed by atoms with Crippen molar-refractivity contribution in [2.24, 2.45) is 5.14 Å². The summed E-state index contributed by atoms with van der Waals surface area (Å²) in [5.41, 5.74) is 0. The molecular formula is C7H15N3O3S. The number of carbonyl (C=O) groups is 1. The summed E-state index contributed by atoms with van der Waals surface area (Å²) in [6.45, 7) is 0.330. The fourth-order valence-corrected chi connectivity index (χ4v) is 2.58. The van der Waals surface area contributed by atoms with Crippen LogP contribution in [-0.2, 0) is 15.0 Å². The predicted molar refractivity (Wildman–Crippen MR) is 51.5 cm³/mol. The molecule has 1 heterocycles. The summed E-state index contributed by atoms with van der Waals surface area (Å²) >= 11 is 0. The van der Waals surface area contributed by atoms with E-state index in [4.69, 9.17) is 5.14 Å². The number of piperidine rings is 1. The second-order valence-corrected chi connectivity index (χ2v) is 4.78. The molecule has 0 aliphatic carbocycles. The van der Waals surface area contributed by atoms with Crippen molar-refractivity contribution in [1.29, 1.82) is 0 Å². The molecule has 0 radical (unpaired) electrons. The maximum atomic E-state index is 11.4. The lowest BCUT2D eigenvalue weighted by Crippen LogP contribution is -2.53. The Morgan fingerprint density at radius 3 is 2.64 bits per heavy atom. The predicted octanol–water partition coefficient (Wildman–Crippen LogP) is -1.21. The molecule has 1 amide bonds. The molecule has 0 spiro atoms. The molecule has 1 atom stereocenters. The lowest BCUT2D eigenvalue weighted by atomic mass is 10.0. The van der Waals surface area contributed by atoms with Gasteiger partial charge in [-0.2, -0.15) is 12.7 Å². The summed E-state index contributed by atoms with van der Waals surface area (Å²) in [5, 5.41) is 7.45. The highest BCUT2D eigenvalue weighted by Crippen LogP contribution is 2.18. The van der Waals surface area contributed by atoms with Gasteiger partial charge in [-0.1, -0.05) is 6.42 Å². The topological polar surface area (TPSA) is 92.5 Å². The minimum atomic E-state index is -3.76. The Labute approximate surface area is 83.6 Å². The molecule has 0 saturated carbocycles. The van der Waals surface area contributed by atoms with Crippen LogP contribution in [-0.4, -0.2) is 38.3 Å². The Hall–Kier alpha value is -0.660. The zero-order valence-corrected chi connectivity index (χ0v) is 8.88. The van der Waals surface area contributed by atoms with Gasteiger partial charge >= 0.3 is 0 Å². The molecule has 1 fully saturated rings. The van der Waals surface area contributed by atoms with Crippen molar-refractivity contribution in [1.82, 2.24) is 9.62 Å². The second kappa shape index (κ2) is 4.24. The minimum Gasteiger partial charge on any atom is -0.358 e.